The van der Waals surface area contributed by atoms with Gasteiger partial charge in [0.1, 0.15) is 5.65 Å². The first kappa shape index (κ1) is 19.5. The van der Waals surface area contributed by atoms with Crippen LogP contribution in [0.1, 0.15) is 22.7 Å². The van der Waals surface area contributed by atoms with E-state index in [0.29, 0.717) is 30.6 Å². The molecule has 6 heteroatoms. The highest BCUT2D eigenvalue weighted by molar-refractivity contribution is 5.85. The second-order valence-corrected chi connectivity index (χ2v) is 7.23. The average Bonchev–Trinajstić information content (AvgIpc) is 3.06. The third-order valence-electron chi connectivity index (χ3n) is 5.29. The molecule has 1 aromatic carbocycles. The summed E-state index contributed by atoms with van der Waals surface area (Å²) >= 11 is 0. The summed E-state index contributed by atoms with van der Waals surface area (Å²) in [6.45, 7) is 5.20. The zero-order chi connectivity index (χ0) is 18.1. The molecule has 142 valence electrons. The molecule has 2 atom stereocenters. The Morgan fingerprint density at radius 2 is 1.93 bits per heavy atom. The van der Waals surface area contributed by atoms with Gasteiger partial charge in [-0.15, -0.1) is 12.4 Å². The van der Waals surface area contributed by atoms with E-state index >= 15 is 0 Å². The molecule has 1 aliphatic heterocycles. The number of nitrogens with two attached hydrogens (primary N) is 1. The van der Waals surface area contributed by atoms with Gasteiger partial charge in [0, 0.05) is 37.8 Å². The van der Waals surface area contributed by atoms with Crippen LogP contribution in [0.5, 0.6) is 0 Å². The van der Waals surface area contributed by atoms with Gasteiger partial charge in [-0.25, -0.2) is 4.98 Å². The van der Waals surface area contributed by atoms with Gasteiger partial charge < -0.3 is 5.73 Å². The number of halogens is 1. The average molecular weight is 385 g/mol. The standard InChI is InChI=1S/C21H24N4O.ClH/c1-15-7-8-20-23-18(9-21(26)25(20)11-15)13-24-12-17(10-22)19(14-24)16-5-3-2-4-6-16;/h2-9,11,17,19H,10,12-14,22H2,1H3;1H/t17-,19+;/m1./s1. The maximum atomic E-state index is 12.4. The van der Waals surface area contributed by atoms with Gasteiger partial charge in [0.15, 0.2) is 0 Å². The van der Waals surface area contributed by atoms with Gasteiger partial charge in [-0.1, -0.05) is 36.4 Å². The second kappa shape index (κ2) is 8.21. The summed E-state index contributed by atoms with van der Waals surface area (Å²) in [4.78, 5) is 19.5. The molecule has 5 nitrogen and oxygen atoms in total. The van der Waals surface area contributed by atoms with Crippen molar-refractivity contribution in [3.05, 3.63) is 81.9 Å². The lowest BCUT2D eigenvalue weighted by Crippen LogP contribution is -2.25. The molecule has 0 amide bonds. The minimum absolute atomic E-state index is 0. The molecule has 1 saturated heterocycles. The van der Waals surface area contributed by atoms with Crippen molar-refractivity contribution in [2.75, 3.05) is 19.6 Å². The summed E-state index contributed by atoms with van der Waals surface area (Å²) in [5.74, 6) is 0.868. The number of hydrogen-bond acceptors (Lipinski definition) is 4. The van der Waals surface area contributed by atoms with Gasteiger partial charge in [-0.3, -0.25) is 14.1 Å². The predicted molar refractivity (Wildman–Crippen MR) is 110 cm³/mol. The fourth-order valence-electron chi connectivity index (χ4n) is 3.97. The fraction of sp³-hybridized carbons (Fsp3) is 0.333. The molecular formula is C21H25ClN4O. The molecule has 0 unspecified atom stereocenters. The van der Waals surface area contributed by atoms with Gasteiger partial charge in [0.2, 0.25) is 0 Å². The topological polar surface area (TPSA) is 63.6 Å². The summed E-state index contributed by atoms with van der Waals surface area (Å²) in [6.07, 6.45) is 1.83. The largest absolute Gasteiger partial charge is 0.330 e. The van der Waals surface area contributed by atoms with Crippen LogP contribution in [0.4, 0.5) is 0 Å². The molecule has 3 heterocycles. The Hall–Kier alpha value is -2.21. The second-order valence-electron chi connectivity index (χ2n) is 7.23. The van der Waals surface area contributed by atoms with Crippen molar-refractivity contribution in [3.8, 4) is 0 Å². The van der Waals surface area contributed by atoms with Crippen LogP contribution in [0, 0.1) is 12.8 Å². The van der Waals surface area contributed by atoms with Crippen molar-refractivity contribution in [3.63, 3.8) is 0 Å². The fourth-order valence-corrected chi connectivity index (χ4v) is 3.97. The summed E-state index contributed by atoms with van der Waals surface area (Å²) in [5, 5.41) is 0. The van der Waals surface area contributed by atoms with E-state index in [4.69, 9.17) is 5.73 Å². The Labute approximate surface area is 165 Å². The highest BCUT2D eigenvalue weighted by atomic mass is 35.5. The quantitative estimate of drug-likeness (QED) is 0.751. The molecular weight excluding hydrogens is 360 g/mol. The summed E-state index contributed by atoms with van der Waals surface area (Å²) < 4.78 is 1.61. The Balaban J connectivity index is 0.00000210. The number of benzene rings is 1. The first-order valence-corrected chi connectivity index (χ1v) is 9.10. The van der Waals surface area contributed by atoms with Crippen LogP contribution < -0.4 is 11.3 Å². The van der Waals surface area contributed by atoms with Crippen LogP contribution in [-0.4, -0.2) is 33.9 Å². The monoisotopic (exact) mass is 384 g/mol. The number of nitrogens with zero attached hydrogens (tertiary/aromatic N) is 3. The van der Waals surface area contributed by atoms with Crippen molar-refractivity contribution in [1.82, 2.24) is 14.3 Å². The summed E-state index contributed by atoms with van der Waals surface area (Å²) in [6, 6.07) is 16.1. The lowest BCUT2D eigenvalue weighted by Gasteiger charge is -2.16. The van der Waals surface area contributed by atoms with Gasteiger partial charge in [-0.2, -0.15) is 0 Å². The lowest BCUT2D eigenvalue weighted by molar-refractivity contribution is 0.313. The van der Waals surface area contributed by atoms with Crippen molar-refractivity contribution in [2.24, 2.45) is 11.7 Å². The molecule has 0 bridgehead atoms. The number of hydrogen-bond donors (Lipinski definition) is 1. The zero-order valence-corrected chi connectivity index (χ0v) is 16.2. The zero-order valence-electron chi connectivity index (χ0n) is 15.4. The van der Waals surface area contributed by atoms with Gasteiger partial charge in [-0.05, 0) is 36.6 Å². The van der Waals surface area contributed by atoms with E-state index in [2.05, 4.69) is 34.1 Å². The predicted octanol–water partition coefficient (Wildman–Crippen LogP) is 2.60. The molecule has 1 aliphatic rings. The highest BCUT2D eigenvalue weighted by Gasteiger charge is 2.32. The Morgan fingerprint density at radius 3 is 2.67 bits per heavy atom. The number of aryl methyl sites for hydroxylation is 1. The number of aromatic nitrogens is 2. The van der Waals surface area contributed by atoms with Crippen molar-refractivity contribution in [1.29, 1.82) is 0 Å². The number of rotatable bonds is 4. The first-order valence-electron chi connectivity index (χ1n) is 9.10. The lowest BCUT2D eigenvalue weighted by atomic mass is 9.89. The van der Waals surface area contributed by atoms with E-state index in [9.17, 15) is 4.79 Å². The number of fused-ring (bicyclic) bond motifs is 1. The summed E-state index contributed by atoms with van der Waals surface area (Å²) in [5.41, 5.74) is 9.92. The van der Waals surface area contributed by atoms with E-state index < -0.39 is 0 Å². The first-order chi connectivity index (χ1) is 12.6. The van der Waals surface area contributed by atoms with E-state index in [1.165, 1.54) is 5.56 Å². The Morgan fingerprint density at radius 1 is 1.15 bits per heavy atom. The van der Waals surface area contributed by atoms with Crippen LogP contribution in [-0.2, 0) is 6.54 Å². The Kier molecular flexibility index (Phi) is 5.95. The van der Waals surface area contributed by atoms with Crippen LogP contribution >= 0.6 is 12.4 Å². The number of likely N-dealkylation sites (tertiary alicyclic amines) is 1. The van der Waals surface area contributed by atoms with E-state index in [-0.39, 0.29) is 18.0 Å². The molecule has 0 spiro atoms. The van der Waals surface area contributed by atoms with Crippen LogP contribution in [0.15, 0.2) is 59.5 Å². The van der Waals surface area contributed by atoms with Crippen molar-refractivity contribution < 1.29 is 0 Å². The van der Waals surface area contributed by atoms with Gasteiger partial charge >= 0.3 is 0 Å². The third kappa shape index (κ3) is 4.05. The molecule has 1 fully saturated rings. The van der Waals surface area contributed by atoms with E-state index in [1.807, 2.05) is 31.3 Å². The molecule has 0 saturated carbocycles. The minimum atomic E-state index is -0.0251. The normalized spacial score (nSPS) is 19.9. The molecule has 27 heavy (non-hydrogen) atoms. The van der Waals surface area contributed by atoms with Crippen LogP contribution in [0.25, 0.3) is 5.65 Å². The smallest absolute Gasteiger partial charge is 0.258 e. The SMILES string of the molecule is Cc1ccc2nc(CN3C[C@@H](CN)[C@H](c4ccccc4)C3)cc(=O)n2c1.Cl. The maximum Gasteiger partial charge on any atom is 0.258 e. The van der Waals surface area contributed by atoms with E-state index in [1.54, 1.807) is 10.5 Å². The molecule has 3 aromatic rings. The molecule has 2 aromatic heterocycles. The summed E-state index contributed by atoms with van der Waals surface area (Å²) in [7, 11) is 0. The maximum absolute atomic E-state index is 12.4. The van der Waals surface area contributed by atoms with Crippen LogP contribution in [0.2, 0.25) is 0 Å². The molecule has 4 rings (SSSR count). The third-order valence-corrected chi connectivity index (χ3v) is 5.29. The van der Waals surface area contributed by atoms with Gasteiger partial charge in [0.25, 0.3) is 5.56 Å². The molecule has 2 N–H and O–H groups in total. The van der Waals surface area contributed by atoms with Crippen molar-refractivity contribution in [2.45, 2.75) is 19.4 Å². The molecule has 0 radical (unpaired) electrons. The Bertz CT molecular complexity index is 973. The van der Waals surface area contributed by atoms with Crippen LogP contribution in [0.3, 0.4) is 0 Å². The van der Waals surface area contributed by atoms with Gasteiger partial charge in [0.05, 0.1) is 5.69 Å². The molecule has 0 aliphatic carbocycles. The van der Waals surface area contributed by atoms with E-state index in [0.717, 1.165) is 24.3 Å². The van der Waals surface area contributed by atoms with Crippen molar-refractivity contribution >= 4 is 18.1 Å². The number of pyridine rings is 1. The highest BCUT2D eigenvalue weighted by Crippen LogP contribution is 2.32. The minimum Gasteiger partial charge on any atom is -0.330 e.